The quantitative estimate of drug-likeness (QED) is 0.148. The molecule has 0 amide bonds. The molecular weight excluding hydrogens is 771 g/mol. The summed E-state index contributed by atoms with van der Waals surface area (Å²) in [5.74, 6) is 0. The van der Waals surface area contributed by atoms with E-state index in [9.17, 15) is 0 Å². The number of benzene rings is 11. The lowest BCUT2D eigenvalue weighted by atomic mass is 9.68. The highest BCUT2D eigenvalue weighted by atomic mass is 15.1. The van der Waals surface area contributed by atoms with E-state index in [0.717, 1.165) is 28.2 Å². The minimum Gasteiger partial charge on any atom is -0.309 e. The molecule has 0 N–H and O–H groups in total. The third kappa shape index (κ3) is 6.01. The summed E-state index contributed by atoms with van der Waals surface area (Å²) in [6.45, 7) is 0. The largest absolute Gasteiger partial charge is 0.309 e. The Kier molecular flexibility index (Phi) is 9.13. The number of anilines is 3. The monoisotopic (exact) mass is 813 g/mol. The summed E-state index contributed by atoms with van der Waals surface area (Å²) in [5.41, 5.74) is 17.4. The van der Waals surface area contributed by atoms with E-state index in [4.69, 9.17) is 0 Å². The summed E-state index contributed by atoms with van der Waals surface area (Å²) in [7, 11) is 0. The highest BCUT2D eigenvalue weighted by Crippen LogP contribution is 2.60. The Morgan fingerprint density at radius 2 is 0.766 bits per heavy atom. The van der Waals surface area contributed by atoms with Crippen molar-refractivity contribution in [3.63, 3.8) is 0 Å². The van der Waals surface area contributed by atoms with E-state index in [1.165, 1.54) is 77.2 Å². The summed E-state index contributed by atoms with van der Waals surface area (Å²) >= 11 is 0. The SMILES string of the molecule is c1ccc(-c2ccc(N(c3cc(-c4cccc5ccccc45)ccc3-c3cccc4ccccc34)c3cccc4c3-c3ccccc3C4(c3ccccc3)c3ccccc3)cc2)cc1. The van der Waals surface area contributed by atoms with Crippen molar-refractivity contribution in [1.29, 1.82) is 0 Å². The third-order valence-electron chi connectivity index (χ3n) is 13.4. The second-order valence-corrected chi connectivity index (χ2v) is 16.8. The van der Waals surface area contributed by atoms with Gasteiger partial charge in [-0.2, -0.15) is 0 Å². The van der Waals surface area contributed by atoms with Crippen LogP contribution >= 0.6 is 0 Å². The molecule has 1 aliphatic carbocycles. The zero-order valence-corrected chi connectivity index (χ0v) is 35.3. The molecule has 0 aliphatic heterocycles. The van der Waals surface area contributed by atoms with Gasteiger partial charge in [0.2, 0.25) is 0 Å². The fourth-order valence-electron chi connectivity index (χ4n) is 10.6. The maximum atomic E-state index is 2.54. The average molecular weight is 814 g/mol. The van der Waals surface area contributed by atoms with Crippen LogP contribution in [0.5, 0.6) is 0 Å². The number of hydrogen-bond acceptors (Lipinski definition) is 1. The van der Waals surface area contributed by atoms with Gasteiger partial charge in [-0.3, -0.25) is 0 Å². The molecular formula is C63H43N. The van der Waals surface area contributed by atoms with Crippen LogP contribution in [0, 0.1) is 0 Å². The van der Waals surface area contributed by atoms with Gasteiger partial charge in [0.15, 0.2) is 0 Å². The zero-order chi connectivity index (χ0) is 42.5. The molecule has 0 aromatic heterocycles. The lowest BCUT2D eigenvalue weighted by Crippen LogP contribution is -2.28. The maximum absolute atomic E-state index is 2.54. The van der Waals surface area contributed by atoms with Crippen LogP contribution < -0.4 is 4.90 Å². The molecule has 0 saturated heterocycles. The van der Waals surface area contributed by atoms with Gasteiger partial charge in [0.05, 0.1) is 16.8 Å². The molecule has 0 radical (unpaired) electrons. The van der Waals surface area contributed by atoms with Crippen LogP contribution in [0.15, 0.2) is 261 Å². The van der Waals surface area contributed by atoms with E-state index in [-0.39, 0.29) is 0 Å². The number of hydrogen-bond donors (Lipinski definition) is 0. The van der Waals surface area contributed by atoms with Crippen LogP contribution in [0.4, 0.5) is 17.1 Å². The fourth-order valence-corrected chi connectivity index (χ4v) is 10.6. The van der Waals surface area contributed by atoms with Crippen molar-refractivity contribution in [2.24, 2.45) is 0 Å². The number of fused-ring (bicyclic) bond motifs is 5. The van der Waals surface area contributed by atoms with Crippen molar-refractivity contribution in [1.82, 2.24) is 0 Å². The highest BCUT2D eigenvalue weighted by Gasteiger charge is 2.47. The molecule has 0 saturated carbocycles. The zero-order valence-electron chi connectivity index (χ0n) is 35.3. The van der Waals surface area contributed by atoms with Gasteiger partial charge >= 0.3 is 0 Å². The van der Waals surface area contributed by atoms with Crippen LogP contribution in [0.25, 0.3) is 66.1 Å². The molecule has 12 rings (SSSR count). The Bertz CT molecular complexity index is 3430. The maximum Gasteiger partial charge on any atom is 0.0714 e. The van der Waals surface area contributed by atoms with Crippen LogP contribution in [-0.2, 0) is 5.41 Å². The Morgan fingerprint density at radius 1 is 0.281 bits per heavy atom. The normalized spacial score (nSPS) is 12.5. The predicted molar refractivity (Wildman–Crippen MR) is 270 cm³/mol. The summed E-state index contributed by atoms with van der Waals surface area (Å²) in [6.07, 6.45) is 0. The van der Waals surface area contributed by atoms with Crippen LogP contribution in [0.2, 0.25) is 0 Å². The Morgan fingerprint density at radius 3 is 1.45 bits per heavy atom. The van der Waals surface area contributed by atoms with Crippen molar-refractivity contribution >= 4 is 38.6 Å². The predicted octanol–water partition coefficient (Wildman–Crippen LogP) is 16.8. The topological polar surface area (TPSA) is 3.24 Å². The summed E-state index contributed by atoms with van der Waals surface area (Å²) in [4.78, 5) is 2.54. The molecule has 0 atom stereocenters. The molecule has 0 heterocycles. The lowest BCUT2D eigenvalue weighted by Gasteiger charge is -2.35. The molecule has 300 valence electrons. The third-order valence-corrected chi connectivity index (χ3v) is 13.4. The Hall–Kier alpha value is -8.26. The van der Waals surface area contributed by atoms with E-state index < -0.39 is 5.41 Å². The first kappa shape index (κ1) is 37.5. The van der Waals surface area contributed by atoms with E-state index in [1.807, 2.05) is 0 Å². The van der Waals surface area contributed by atoms with E-state index in [2.05, 4.69) is 266 Å². The first-order valence-corrected chi connectivity index (χ1v) is 22.2. The molecule has 0 unspecified atom stereocenters. The standard InChI is InChI=1S/C63H43N/c1-4-19-44(20-5-1)45-37-40-51(41-38-45)64(60-36-18-35-59-62(60)57-31-14-15-34-58(57)63(59,49-25-6-2-7-26-49)50-27-8-3-9-28-50)61-43-48(54-32-16-23-46-21-10-12-29-52(46)54)39-42-56(61)55-33-17-24-47-22-11-13-30-53(47)55/h1-43H. The van der Waals surface area contributed by atoms with Gasteiger partial charge < -0.3 is 4.90 Å². The van der Waals surface area contributed by atoms with Crippen molar-refractivity contribution in [2.45, 2.75) is 5.41 Å². The second-order valence-electron chi connectivity index (χ2n) is 16.8. The molecule has 1 aliphatic rings. The Balaban J connectivity index is 1.20. The van der Waals surface area contributed by atoms with Gasteiger partial charge in [-0.05, 0) is 101 Å². The second kappa shape index (κ2) is 15.6. The van der Waals surface area contributed by atoms with Gasteiger partial charge in [-0.1, -0.05) is 237 Å². The van der Waals surface area contributed by atoms with Gasteiger partial charge in [-0.15, -0.1) is 0 Å². The van der Waals surface area contributed by atoms with Crippen molar-refractivity contribution < 1.29 is 0 Å². The van der Waals surface area contributed by atoms with Crippen LogP contribution in [-0.4, -0.2) is 0 Å². The molecule has 11 aromatic carbocycles. The molecule has 1 heteroatoms. The minimum absolute atomic E-state index is 0.545. The molecule has 0 bridgehead atoms. The van der Waals surface area contributed by atoms with Gasteiger partial charge in [0.25, 0.3) is 0 Å². The number of rotatable bonds is 8. The lowest BCUT2D eigenvalue weighted by molar-refractivity contribution is 0.768. The van der Waals surface area contributed by atoms with Crippen LogP contribution in [0.3, 0.4) is 0 Å². The van der Waals surface area contributed by atoms with Crippen LogP contribution in [0.1, 0.15) is 22.3 Å². The number of nitrogens with zero attached hydrogens (tertiary/aromatic N) is 1. The molecule has 11 aromatic rings. The summed E-state index contributed by atoms with van der Waals surface area (Å²) < 4.78 is 0. The van der Waals surface area contributed by atoms with Gasteiger partial charge in [-0.25, -0.2) is 0 Å². The minimum atomic E-state index is -0.545. The summed E-state index contributed by atoms with van der Waals surface area (Å²) in [6, 6.07) is 96.1. The van der Waals surface area contributed by atoms with Gasteiger partial charge in [0.1, 0.15) is 0 Å². The molecule has 64 heavy (non-hydrogen) atoms. The van der Waals surface area contributed by atoms with Gasteiger partial charge in [0, 0.05) is 16.8 Å². The smallest absolute Gasteiger partial charge is 0.0714 e. The van der Waals surface area contributed by atoms with Crippen molar-refractivity contribution in [3.8, 4) is 44.5 Å². The first-order valence-electron chi connectivity index (χ1n) is 22.2. The Labute approximate surface area is 374 Å². The van der Waals surface area contributed by atoms with Crippen molar-refractivity contribution in [3.05, 3.63) is 283 Å². The summed E-state index contributed by atoms with van der Waals surface area (Å²) in [5, 5.41) is 4.90. The molecule has 0 fully saturated rings. The van der Waals surface area contributed by atoms with Crippen molar-refractivity contribution in [2.75, 3.05) is 4.90 Å². The average Bonchev–Trinajstić information content (AvgIpc) is 3.69. The highest BCUT2D eigenvalue weighted by molar-refractivity contribution is 6.06. The van der Waals surface area contributed by atoms with E-state index >= 15 is 0 Å². The molecule has 1 nitrogen and oxygen atoms in total. The van der Waals surface area contributed by atoms with E-state index in [1.54, 1.807) is 0 Å². The first-order chi connectivity index (χ1) is 31.8. The fraction of sp³-hybridized carbons (Fsp3) is 0.0159. The molecule has 0 spiro atoms. The van der Waals surface area contributed by atoms with E-state index in [0.29, 0.717) is 0 Å².